The van der Waals surface area contributed by atoms with Crippen LogP contribution < -0.4 is 12.8 Å². The van der Waals surface area contributed by atoms with E-state index in [0.717, 1.165) is 36.4 Å². The third-order valence-corrected chi connectivity index (χ3v) is 7.96. The third kappa shape index (κ3) is 7.53. The summed E-state index contributed by atoms with van der Waals surface area (Å²) in [7, 11) is -11.5. The zero-order valence-corrected chi connectivity index (χ0v) is 22.5. The molecular formula is C23H23F6N3O6S2+2. The molecule has 2 heterocycles. The molecule has 0 amide bonds. The Hall–Kier alpha value is -3.60. The van der Waals surface area contributed by atoms with E-state index in [4.69, 9.17) is 0 Å². The molecule has 0 unspecified atom stereocenters. The molecule has 0 aromatic carbocycles. The van der Waals surface area contributed by atoms with Gasteiger partial charge in [0.15, 0.2) is 24.0 Å². The molecule has 0 atom stereocenters. The number of ketones is 2. The number of hydrogen-bond acceptors (Lipinski definition) is 7. The fraction of sp³-hybridized carbons (Fsp3) is 0.304. The molecule has 2 rings (SSSR count). The molecule has 40 heavy (non-hydrogen) atoms. The molecule has 0 N–H and O–H groups in total. The molecule has 0 saturated carbocycles. The van der Waals surface area contributed by atoms with Gasteiger partial charge in [-0.15, -0.1) is 3.97 Å². The van der Waals surface area contributed by atoms with Gasteiger partial charge in [0.1, 0.15) is 6.20 Å². The number of alkyl halides is 6. The lowest BCUT2D eigenvalue weighted by atomic mass is 10.1. The van der Waals surface area contributed by atoms with Gasteiger partial charge in [-0.1, -0.05) is 3.97 Å². The highest BCUT2D eigenvalue weighted by Gasteiger charge is 2.54. The van der Waals surface area contributed by atoms with E-state index in [-0.39, 0.29) is 38.0 Å². The Labute approximate surface area is 225 Å². The number of allylic oxidation sites excluding steroid dienone is 2. The molecule has 0 aliphatic rings. The van der Waals surface area contributed by atoms with Crippen molar-refractivity contribution in [3.8, 4) is 0 Å². The number of aromatic nitrogens is 2. The smallest absolute Gasteiger partial charge is 0.294 e. The second-order valence-electron chi connectivity index (χ2n) is 7.93. The molecule has 0 aliphatic heterocycles. The monoisotopic (exact) mass is 615 g/mol. The maximum Gasteiger partial charge on any atom is 0.560 e. The summed E-state index contributed by atoms with van der Waals surface area (Å²) in [6.45, 7) is 3.64. The molecule has 0 aliphatic carbocycles. The van der Waals surface area contributed by atoms with Gasteiger partial charge in [0.2, 0.25) is 0 Å². The van der Waals surface area contributed by atoms with Crippen molar-refractivity contribution in [1.29, 1.82) is 0 Å². The predicted octanol–water partition coefficient (Wildman–Crippen LogP) is 2.76. The van der Waals surface area contributed by atoms with Gasteiger partial charge in [-0.2, -0.15) is 43.2 Å². The van der Waals surface area contributed by atoms with Crippen molar-refractivity contribution in [3.05, 3.63) is 66.1 Å². The molecule has 218 valence electrons. The van der Waals surface area contributed by atoms with Crippen LogP contribution in [-0.4, -0.2) is 52.5 Å². The Bertz CT molecular complexity index is 1550. The average molecular weight is 616 g/mol. The number of anilines is 1. The number of halogens is 6. The number of carbonyl (C=O) groups excluding carboxylic acids is 2. The van der Waals surface area contributed by atoms with Gasteiger partial charge in [-0.05, 0) is 50.3 Å². The van der Waals surface area contributed by atoms with Gasteiger partial charge in [0.25, 0.3) is 5.82 Å². The lowest BCUT2D eigenvalue weighted by molar-refractivity contribution is -0.518. The van der Waals surface area contributed by atoms with Crippen molar-refractivity contribution >= 4 is 49.6 Å². The van der Waals surface area contributed by atoms with Crippen molar-refractivity contribution < 1.29 is 60.7 Å². The second-order valence-corrected chi connectivity index (χ2v) is 11.6. The molecule has 0 fully saturated rings. The van der Waals surface area contributed by atoms with Crippen LogP contribution in [0.25, 0.3) is 12.2 Å². The summed E-state index contributed by atoms with van der Waals surface area (Å²) in [4.78, 5) is 25.7. The highest BCUT2D eigenvalue weighted by Crippen LogP contribution is 2.24. The Morgan fingerprint density at radius 1 is 0.800 bits per heavy atom. The standard InChI is InChI=1S/C23H23F6N3O6S2/c1-3-30(4-2)21-12-9-18(16-32(21)40(37,38)23(27,28)29)8-11-20(34)14-19(33)10-7-17-6-5-13-31(15-17)39(35,36)22(24,25)26/h5-13,15-16H,3-4,14H2,1-2H3/q+2/b10-7+,11-8+. The molecule has 2 aromatic rings. The molecule has 2 aromatic heterocycles. The van der Waals surface area contributed by atoms with E-state index in [0.29, 0.717) is 18.6 Å². The van der Waals surface area contributed by atoms with E-state index in [2.05, 4.69) is 0 Å². The van der Waals surface area contributed by atoms with Crippen molar-refractivity contribution in [2.24, 2.45) is 0 Å². The summed E-state index contributed by atoms with van der Waals surface area (Å²) < 4.78 is 125. The van der Waals surface area contributed by atoms with Crippen LogP contribution in [0.15, 0.2) is 55.0 Å². The molecule has 0 bridgehead atoms. The minimum atomic E-state index is -5.82. The van der Waals surface area contributed by atoms with Gasteiger partial charge in [-0.3, -0.25) is 14.5 Å². The molecule has 17 heteroatoms. The van der Waals surface area contributed by atoms with Crippen LogP contribution >= 0.6 is 0 Å². The van der Waals surface area contributed by atoms with E-state index < -0.39 is 49.1 Å². The zero-order chi connectivity index (χ0) is 30.5. The highest BCUT2D eigenvalue weighted by atomic mass is 32.2. The molecule has 9 nitrogen and oxygen atoms in total. The molecule has 0 radical (unpaired) electrons. The average Bonchev–Trinajstić information content (AvgIpc) is 2.86. The third-order valence-electron chi connectivity index (χ3n) is 5.20. The fourth-order valence-corrected chi connectivity index (χ4v) is 4.83. The summed E-state index contributed by atoms with van der Waals surface area (Å²) in [5.41, 5.74) is -11.4. The maximum absolute atomic E-state index is 13.3. The number of hydrogen-bond donors (Lipinski definition) is 0. The van der Waals surface area contributed by atoms with E-state index in [1.165, 1.54) is 17.0 Å². The topological polar surface area (TPSA) is 113 Å². The van der Waals surface area contributed by atoms with Crippen molar-refractivity contribution in [3.63, 3.8) is 0 Å². The summed E-state index contributed by atoms with van der Waals surface area (Å²) in [5.74, 6) is -1.90. The zero-order valence-electron chi connectivity index (χ0n) is 20.8. The van der Waals surface area contributed by atoms with Gasteiger partial charge < -0.3 is 0 Å². The Morgan fingerprint density at radius 2 is 1.30 bits per heavy atom. The van der Waals surface area contributed by atoms with Crippen molar-refractivity contribution in [1.82, 2.24) is 0 Å². The molecule has 0 spiro atoms. The fourth-order valence-electron chi connectivity index (χ4n) is 3.19. The largest absolute Gasteiger partial charge is 0.560 e. The first kappa shape index (κ1) is 32.6. The quantitative estimate of drug-likeness (QED) is 0.165. The summed E-state index contributed by atoms with van der Waals surface area (Å²) in [6.07, 6.45) is 4.85. The first-order chi connectivity index (χ1) is 18.3. The lowest BCUT2D eigenvalue weighted by Gasteiger charge is -2.17. The lowest BCUT2D eigenvalue weighted by Crippen LogP contribution is -2.54. The van der Waals surface area contributed by atoms with Crippen LogP contribution in [0.3, 0.4) is 0 Å². The number of nitrogens with zero attached hydrogens (tertiary/aromatic N) is 3. The van der Waals surface area contributed by atoms with Gasteiger partial charge in [-0.25, -0.2) is 0 Å². The van der Waals surface area contributed by atoms with Crippen molar-refractivity contribution in [2.75, 3.05) is 18.0 Å². The van der Waals surface area contributed by atoms with Crippen LogP contribution in [0.5, 0.6) is 0 Å². The van der Waals surface area contributed by atoms with Crippen LogP contribution in [0.4, 0.5) is 32.2 Å². The SMILES string of the molecule is CCN(CC)c1ccc(/C=C/C(=O)CC(=O)/C=C/c2ccc[n+](S(=O)(=O)C(F)(F)F)c2)c[n+]1S(=O)(=O)C(F)(F)F. The number of pyridine rings is 2. The minimum Gasteiger partial charge on any atom is -0.294 e. The Balaban J connectivity index is 2.23. The second kappa shape index (κ2) is 12.3. The van der Waals surface area contributed by atoms with Crippen LogP contribution in [0.2, 0.25) is 0 Å². The van der Waals surface area contributed by atoms with E-state index >= 15 is 0 Å². The minimum absolute atomic E-state index is 0.0587. The molecule has 0 saturated heterocycles. The van der Waals surface area contributed by atoms with Gasteiger partial charge in [0.05, 0.1) is 19.5 Å². The van der Waals surface area contributed by atoms with Crippen molar-refractivity contribution in [2.45, 2.75) is 31.3 Å². The van der Waals surface area contributed by atoms with Crippen LogP contribution in [0.1, 0.15) is 31.4 Å². The molecular weight excluding hydrogens is 592 g/mol. The van der Waals surface area contributed by atoms with Crippen LogP contribution in [-0.2, 0) is 29.6 Å². The number of rotatable bonds is 11. The normalized spacial score (nSPS) is 13.2. The first-order valence-corrected chi connectivity index (χ1v) is 14.1. The summed E-state index contributed by atoms with van der Waals surface area (Å²) in [6, 6.07) is 4.62. The Morgan fingerprint density at radius 3 is 1.77 bits per heavy atom. The predicted molar refractivity (Wildman–Crippen MR) is 130 cm³/mol. The van der Waals surface area contributed by atoms with Gasteiger partial charge >= 0.3 is 31.1 Å². The number of carbonyl (C=O) groups is 2. The van der Waals surface area contributed by atoms with E-state index in [1.807, 2.05) is 0 Å². The van der Waals surface area contributed by atoms with E-state index in [1.54, 1.807) is 13.8 Å². The highest BCUT2D eigenvalue weighted by molar-refractivity contribution is 7.86. The maximum atomic E-state index is 13.3. The summed E-state index contributed by atoms with van der Waals surface area (Å²) in [5, 5.41) is 0. The van der Waals surface area contributed by atoms with Gasteiger partial charge in [0, 0.05) is 23.3 Å². The van der Waals surface area contributed by atoms with Crippen LogP contribution in [0, 0.1) is 0 Å². The summed E-state index contributed by atoms with van der Waals surface area (Å²) >= 11 is 0. The van der Waals surface area contributed by atoms with E-state index in [9.17, 15) is 52.8 Å². The first-order valence-electron chi connectivity index (χ1n) is 11.2. The Kier molecular flexibility index (Phi) is 10.0.